The molecule has 5 nitrogen and oxygen atoms in total. The van der Waals surface area contributed by atoms with Gasteiger partial charge in [0.1, 0.15) is 11.9 Å². The molecule has 0 aliphatic heterocycles. The predicted molar refractivity (Wildman–Crippen MR) is 25.3 cm³/mol. The lowest BCUT2D eigenvalue weighted by Crippen LogP contribution is -1.75. The molecule has 0 radical (unpaired) electrons. The first-order valence-electron chi connectivity index (χ1n) is 1.87. The standard InChI is InChI=1S/C3H3N3O2/c7-4-1-3-2-5-8-6-3/h1-2,7H/p-1/b4-1-. The monoisotopic (exact) mass is 112 g/mol. The fourth-order valence-electron chi connectivity index (χ4n) is 0.283. The summed E-state index contributed by atoms with van der Waals surface area (Å²) in [5.41, 5.74) is 0.333. The first kappa shape index (κ1) is 4.76. The summed E-state index contributed by atoms with van der Waals surface area (Å²) in [6, 6.07) is 0. The summed E-state index contributed by atoms with van der Waals surface area (Å²) in [4.78, 5) is 0. The highest BCUT2D eigenvalue weighted by Crippen LogP contribution is 1.82. The molecule has 1 aromatic heterocycles. The molecule has 0 fully saturated rings. The maximum Gasteiger partial charge on any atom is 0.145 e. The third-order valence-electron chi connectivity index (χ3n) is 0.563. The van der Waals surface area contributed by atoms with Crippen LogP contribution in [0.5, 0.6) is 0 Å². The predicted octanol–water partition coefficient (Wildman–Crippen LogP) is -0.0137. The molecule has 0 aliphatic rings. The Labute approximate surface area is 44.6 Å². The Morgan fingerprint density at radius 1 is 1.88 bits per heavy atom. The van der Waals surface area contributed by atoms with Crippen LogP contribution >= 0.6 is 0 Å². The van der Waals surface area contributed by atoms with Crippen LogP contribution in [0.15, 0.2) is 16.0 Å². The molecule has 0 spiro atoms. The molecule has 1 rings (SSSR count). The number of rotatable bonds is 1. The summed E-state index contributed by atoms with van der Waals surface area (Å²) in [7, 11) is 0. The van der Waals surface area contributed by atoms with E-state index in [2.05, 4.69) is 20.1 Å². The van der Waals surface area contributed by atoms with Crippen molar-refractivity contribution >= 4 is 6.21 Å². The van der Waals surface area contributed by atoms with Crippen LogP contribution in [0.3, 0.4) is 0 Å². The van der Waals surface area contributed by atoms with E-state index in [1.807, 2.05) is 0 Å². The van der Waals surface area contributed by atoms with Gasteiger partial charge >= 0.3 is 0 Å². The molecule has 0 amide bonds. The van der Waals surface area contributed by atoms with Gasteiger partial charge in [-0.3, -0.25) is 0 Å². The highest BCUT2D eigenvalue weighted by molar-refractivity contribution is 5.75. The van der Waals surface area contributed by atoms with Crippen LogP contribution in [0, 0.1) is 5.21 Å². The van der Waals surface area contributed by atoms with Crippen LogP contribution in [0.2, 0.25) is 0 Å². The zero-order valence-electron chi connectivity index (χ0n) is 3.81. The van der Waals surface area contributed by atoms with Crippen molar-refractivity contribution in [2.24, 2.45) is 5.16 Å². The lowest BCUT2D eigenvalue weighted by atomic mass is 10.5. The van der Waals surface area contributed by atoms with E-state index in [9.17, 15) is 5.21 Å². The molecule has 42 valence electrons. The van der Waals surface area contributed by atoms with E-state index in [1.165, 1.54) is 6.20 Å². The fourth-order valence-corrected chi connectivity index (χ4v) is 0.283. The lowest BCUT2D eigenvalue weighted by molar-refractivity contribution is 0.306. The number of aromatic nitrogens is 2. The molecule has 0 unspecified atom stereocenters. The van der Waals surface area contributed by atoms with Crippen molar-refractivity contribution in [3.63, 3.8) is 0 Å². The number of hydrogen-bond acceptors (Lipinski definition) is 5. The maximum absolute atomic E-state index is 9.46. The smallest absolute Gasteiger partial charge is 0.145 e. The molecule has 5 heteroatoms. The van der Waals surface area contributed by atoms with Gasteiger partial charge in [0.05, 0.1) is 0 Å². The lowest BCUT2D eigenvalue weighted by Gasteiger charge is -1.82. The van der Waals surface area contributed by atoms with Gasteiger partial charge in [-0.2, -0.15) is 0 Å². The van der Waals surface area contributed by atoms with Crippen LogP contribution in [-0.2, 0) is 0 Å². The summed E-state index contributed by atoms with van der Waals surface area (Å²) in [5, 5.41) is 18.4. The molecule has 1 heterocycles. The summed E-state index contributed by atoms with van der Waals surface area (Å²) < 4.78 is 4.14. The van der Waals surface area contributed by atoms with Gasteiger partial charge in [-0.05, 0) is 5.16 Å². The molecular weight excluding hydrogens is 110 g/mol. The van der Waals surface area contributed by atoms with Crippen molar-refractivity contribution in [2.45, 2.75) is 0 Å². The molecule has 0 saturated carbocycles. The second-order valence-electron chi connectivity index (χ2n) is 1.07. The van der Waals surface area contributed by atoms with Gasteiger partial charge in [0.15, 0.2) is 0 Å². The Morgan fingerprint density at radius 3 is 3.25 bits per heavy atom. The van der Waals surface area contributed by atoms with Crippen molar-refractivity contribution in [1.29, 1.82) is 0 Å². The number of nitrogens with zero attached hydrogens (tertiary/aromatic N) is 3. The van der Waals surface area contributed by atoms with Gasteiger partial charge in [0, 0.05) is 6.21 Å². The third-order valence-corrected chi connectivity index (χ3v) is 0.563. The van der Waals surface area contributed by atoms with Crippen molar-refractivity contribution in [1.82, 2.24) is 10.3 Å². The minimum Gasteiger partial charge on any atom is -0.792 e. The largest absolute Gasteiger partial charge is 0.792 e. The quantitative estimate of drug-likeness (QED) is 0.378. The number of hydrogen-bond donors (Lipinski definition) is 0. The Hall–Kier alpha value is -1.39. The first-order chi connectivity index (χ1) is 3.93. The molecule has 8 heavy (non-hydrogen) atoms. The van der Waals surface area contributed by atoms with E-state index in [1.54, 1.807) is 0 Å². The van der Waals surface area contributed by atoms with E-state index in [0.717, 1.165) is 6.21 Å². The van der Waals surface area contributed by atoms with Crippen molar-refractivity contribution in [3.05, 3.63) is 17.1 Å². The Balaban J connectivity index is 2.77. The Bertz CT molecular complexity index is 169. The van der Waals surface area contributed by atoms with Crippen LogP contribution < -0.4 is 0 Å². The highest BCUT2D eigenvalue weighted by atomic mass is 16.6. The van der Waals surface area contributed by atoms with E-state index in [0.29, 0.717) is 5.69 Å². The SMILES string of the molecule is [O-]/N=C\c1cnon1. The minimum atomic E-state index is 0.333. The highest BCUT2D eigenvalue weighted by Gasteiger charge is 1.86. The van der Waals surface area contributed by atoms with Crippen LogP contribution in [0.4, 0.5) is 0 Å². The second kappa shape index (κ2) is 2.06. The van der Waals surface area contributed by atoms with Crippen molar-refractivity contribution in [2.75, 3.05) is 0 Å². The molecule has 0 aliphatic carbocycles. The second-order valence-corrected chi connectivity index (χ2v) is 1.07. The van der Waals surface area contributed by atoms with Gasteiger partial charge in [-0.15, -0.1) is 0 Å². The fraction of sp³-hybridized carbons (Fsp3) is 0. The maximum atomic E-state index is 9.46. The van der Waals surface area contributed by atoms with Crippen molar-refractivity contribution in [3.8, 4) is 0 Å². The van der Waals surface area contributed by atoms with Crippen LogP contribution in [0.1, 0.15) is 5.69 Å². The van der Waals surface area contributed by atoms with E-state index in [-0.39, 0.29) is 0 Å². The van der Waals surface area contributed by atoms with Gasteiger partial charge in [0.25, 0.3) is 0 Å². The van der Waals surface area contributed by atoms with Crippen LogP contribution in [-0.4, -0.2) is 16.5 Å². The molecule has 0 aromatic carbocycles. The average molecular weight is 112 g/mol. The van der Waals surface area contributed by atoms with Gasteiger partial charge in [-0.25, -0.2) is 4.63 Å². The third kappa shape index (κ3) is 0.810. The zero-order valence-corrected chi connectivity index (χ0v) is 3.81. The summed E-state index contributed by atoms with van der Waals surface area (Å²) in [5.74, 6) is 0. The first-order valence-corrected chi connectivity index (χ1v) is 1.87. The molecule has 0 N–H and O–H groups in total. The molecule has 0 atom stereocenters. The molecule has 0 saturated heterocycles. The van der Waals surface area contributed by atoms with Gasteiger partial charge in [0.2, 0.25) is 0 Å². The van der Waals surface area contributed by atoms with Gasteiger partial charge in [-0.1, -0.05) is 5.16 Å². The zero-order chi connectivity index (χ0) is 5.82. The normalized spacial score (nSPS) is 10.5. The Kier molecular flexibility index (Phi) is 1.23. The van der Waals surface area contributed by atoms with E-state index in [4.69, 9.17) is 0 Å². The minimum absolute atomic E-state index is 0.333. The molecule has 1 aromatic rings. The summed E-state index contributed by atoms with van der Waals surface area (Å²) in [6.45, 7) is 0. The molecule has 0 bridgehead atoms. The van der Waals surface area contributed by atoms with E-state index < -0.39 is 0 Å². The van der Waals surface area contributed by atoms with E-state index >= 15 is 0 Å². The summed E-state index contributed by atoms with van der Waals surface area (Å²) in [6.07, 6.45) is 2.30. The molecular formula is C3H2N3O2-. The Morgan fingerprint density at radius 2 is 2.75 bits per heavy atom. The van der Waals surface area contributed by atoms with Crippen molar-refractivity contribution < 1.29 is 4.63 Å². The van der Waals surface area contributed by atoms with Crippen LogP contribution in [0.25, 0.3) is 0 Å². The van der Waals surface area contributed by atoms with Gasteiger partial charge < -0.3 is 10.4 Å². The summed E-state index contributed by atoms with van der Waals surface area (Å²) >= 11 is 0. The topological polar surface area (TPSA) is 74.3 Å². The average Bonchev–Trinajstić information content (AvgIpc) is 2.19.